The predicted octanol–water partition coefficient (Wildman–Crippen LogP) is 3.98. The largest absolute Gasteiger partial charge is 0.493 e. The third-order valence-corrected chi connectivity index (χ3v) is 4.31. The van der Waals surface area contributed by atoms with Crippen LogP contribution in [0.1, 0.15) is 48.0 Å². The van der Waals surface area contributed by atoms with E-state index in [4.69, 9.17) is 9.84 Å². The molecule has 1 aromatic rings. The van der Waals surface area contributed by atoms with Crippen molar-refractivity contribution >= 4 is 11.8 Å². The predicted molar refractivity (Wildman–Crippen MR) is 102 cm³/mol. The molecule has 0 aromatic heterocycles. The van der Waals surface area contributed by atoms with E-state index in [-0.39, 0.29) is 18.8 Å². The van der Waals surface area contributed by atoms with Crippen LogP contribution in [-0.4, -0.2) is 42.5 Å². The Kier molecular flexibility index (Phi) is 7.01. The highest BCUT2D eigenvalue weighted by Gasteiger charge is 2.22. The number of benzene rings is 1. The summed E-state index contributed by atoms with van der Waals surface area (Å²) in [5, 5.41) is 8.75. The van der Waals surface area contributed by atoms with E-state index in [1.165, 1.54) is 0 Å². The van der Waals surface area contributed by atoms with Crippen molar-refractivity contribution in [1.82, 2.24) is 4.90 Å². The Bertz CT molecular complexity index is 732. The molecule has 0 atom stereocenters. The number of ketones is 1. The smallest absolute Gasteiger partial charge is 0.303 e. The summed E-state index contributed by atoms with van der Waals surface area (Å²) in [6.45, 7) is 2.22. The van der Waals surface area contributed by atoms with Crippen LogP contribution in [0.15, 0.2) is 41.6 Å². The summed E-state index contributed by atoms with van der Waals surface area (Å²) in [6.07, 6.45) is 7.21. The second-order valence-electron chi connectivity index (χ2n) is 6.73. The summed E-state index contributed by atoms with van der Waals surface area (Å²) in [5.41, 5.74) is 3.26. The molecule has 1 aliphatic carbocycles. The van der Waals surface area contributed by atoms with Crippen LogP contribution >= 0.6 is 0 Å². The van der Waals surface area contributed by atoms with Gasteiger partial charge in [-0.1, -0.05) is 12.1 Å². The molecule has 0 saturated heterocycles. The molecule has 5 nitrogen and oxygen atoms in total. The Labute approximate surface area is 155 Å². The Morgan fingerprint density at radius 1 is 1.27 bits per heavy atom. The molecule has 0 heterocycles. The molecule has 1 N–H and O–H groups in total. The zero-order chi connectivity index (χ0) is 19.1. The molecule has 0 bridgehead atoms. The topological polar surface area (TPSA) is 66.8 Å². The maximum Gasteiger partial charge on any atom is 0.303 e. The first kappa shape index (κ1) is 19.8. The van der Waals surface area contributed by atoms with Crippen LogP contribution in [-0.2, 0) is 4.79 Å². The highest BCUT2D eigenvalue weighted by atomic mass is 16.5. The van der Waals surface area contributed by atoms with E-state index in [1.807, 2.05) is 44.1 Å². The zero-order valence-electron chi connectivity index (χ0n) is 15.7. The fourth-order valence-electron chi connectivity index (χ4n) is 2.97. The molecule has 1 aromatic carbocycles. The van der Waals surface area contributed by atoms with Gasteiger partial charge in [0.05, 0.1) is 12.2 Å². The third kappa shape index (κ3) is 5.22. The SMILES string of the molecule is Cc1ccc(C(=O)C2=C(N(C)C)C=CCCC2)c(OCCCC(=O)O)c1. The number of ether oxygens (including phenoxy) is 1. The van der Waals surface area contributed by atoms with Crippen LogP contribution in [0.25, 0.3) is 0 Å². The van der Waals surface area contributed by atoms with Crippen molar-refractivity contribution in [2.24, 2.45) is 0 Å². The second kappa shape index (κ2) is 9.22. The molecule has 0 unspecified atom stereocenters. The lowest BCUT2D eigenvalue weighted by Crippen LogP contribution is -2.17. The first-order valence-corrected chi connectivity index (χ1v) is 8.97. The monoisotopic (exact) mass is 357 g/mol. The molecule has 0 fully saturated rings. The van der Waals surface area contributed by atoms with Crippen LogP contribution in [0.5, 0.6) is 5.75 Å². The molecule has 0 aliphatic heterocycles. The van der Waals surface area contributed by atoms with Gasteiger partial charge in [0.2, 0.25) is 0 Å². The van der Waals surface area contributed by atoms with Gasteiger partial charge in [-0.2, -0.15) is 0 Å². The van der Waals surface area contributed by atoms with Crippen LogP contribution < -0.4 is 4.74 Å². The Hall–Kier alpha value is -2.56. The third-order valence-electron chi connectivity index (χ3n) is 4.31. The first-order chi connectivity index (χ1) is 12.4. The average molecular weight is 357 g/mol. The zero-order valence-corrected chi connectivity index (χ0v) is 15.7. The van der Waals surface area contributed by atoms with Gasteiger partial charge >= 0.3 is 5.97 Å². The van der Waals surface area contributed by atoms with Gasteiger partial charge in [0.1, 0.15) is 5.75 Å². The Morgan fingerprint density at radius 3 is 2.73 bits per heavy atom. The number of Topliss-reactive ketones (excluding diaryl/α,β-unsaturated/α-hetero) is 1. The number of carbonyl (C=O) groups excluding carboxylic acids is 1. The average Bonchev–Trinajstić information content (AvgIpc) is 2.84. The number of carboxylic acids is 1. The normalized spacial score (nSPS) is 14.1. The van der Waals surface area contributed by atoms with Crippen LogP contribution in [0, 0.1) is 6.92 Å². The number of aryl methyl sites for hydroxylation is 1. The van der Waals surface area contributed by atoms with Crippen molar-refractivity contribution in [1.29, 1.82) is 0 Å². The lowest BCUT2D eigenvalue weighted by molar-refractivity contribution is -0.137. The van der Waals surface area contributed by atoms with Gasteiger partial charge in [-0.15, -0.1) is 0 Å². The molecular formula is C21H27NO4. The summed E-state index contributed by atoms with van der Waals surface area (Å²) in [5.74, 6) is -0.340. The molecule has 2 rings (SSSR count). The fourth-order valence-corrected chi connectivity index (χ4v) is 2.97. The van der Waals surface area contributed by atoms with Crippen molar-refractivity contribution < 1.29 is 19.4 Å². The molecule has 26 heavy (non-hydrogen) atoms. The van der Waals surface area contributed by atoms with Gasteiger partial charge < -0.3 is 14.7 Å². The molecule has 0 spiro atoms. The highest BCUT2D eigenvalue weighted by molar-refractivity contribution is 6.11. The first-order valence-electron chi connectivity index (χ1n) is 8.97. The van der Waals surface area contributed by atoms with Gasteiger partial charge in [0.15, 0.2) is 5.78 Å². The number of aliphatic carboxylic acids is 1. The van der Waals surface area contributed by atoms with Crippen LogP contribution in [0.3, 0.4) is 0 Å². The maximum atomic E-state index is 13.2. The number of nitrogens with zero attached hydrogens (tertiary/aromatic N) is 1. The number of rotatable bonds is 8. The summed E-state index contributed by atoms with van der Waals surface area (Å²) in [6, 6.07) is 5.55. The fraction of sp³-hybridized carbons (Fsp3) is 0.429. The Morgan fingerprint density at radius 2 is 2.04 bits per heavy atom. The van der Waals surface area contributed by atoms with E-state index < -0.39 is 5.97 Å². The van der Waals surface area contributed by atoms with Crippen molar-refractivity contribution in [3.05, 3.63) is 52.7 Å². The molecule has 0 amide bonds. The molecule has 0 radical (unpaired) electrons. The highest BCUT2D eigenvalue weighted by Crippen LogP contribution is 2.29. The summed E-state index contributed by atoms with van der Waals surface area (Å²) in [7, 11) is 3.88. The lowest BCUT2D eigenvalue weighted by Gasteiger charge is -2.19. The maximum absolute atomic E-state index is 13.2. The summed E-state index contributed by atoms with van der Waals surface area (Å²) < 4.78 is 5.77. The number of hydrogen-bond donors (Lipinski definition) is 1. The minimum absolute atomic E-state index is 0.0199. The minimum atomic E-state index is -0.847. The number of carboxylic acid groups (broad SMARTS) is 1. The van der Waals surface area contributed by atoms with E-state index in [9.17, 15) is 9.59 Å². The number of likely N-dealkylation sites (N-methyl/N-ethyl adjacent to an activating group) is 1. The van der Waals surface area contributed by atoms with E-state index in [0.29, 0.717) is 17.7 Å². The lowest BCUT2D eigenvalue weighted by atomic mass is 9.96. The van der Waals surface area contributed by atoms with E-state index in [0.717, 1.165) is 36.1 Å². The quantitative estimate of drug-likeness (QED) is 0.563. The standard InChI is InChI=1S/C21H27NO4/c1-15-11-12-17(19(14-15)26-13-7-10-20(23)24)21(25)16-8-5-4-6-9-18(16)22(2)3/h6,9,11-12,14H,4-5,7-8,10,13H2,1-3H3,(H,23,24). The molecule has 140 valence electrons. The molecule has 0 saturated carbocycles. The van der Waals surface area contributed by atoms with E-state index in [1.54, 1.807) is 6.07 Å². The van der Waals surface area contributed by atoms with Gasteiger partial charge in [0, 0.05) is 31.8 Å². The van der Waals surface area contributed by atoms with Gasteiger partial charge in [-0.25, -0.2) is 0 Å². The van der Waals surface area contributed by atoms with Crippen LogP contribution in [0.4, 0.5) is 0 Å². The van der Waals surface area contributed by atoms with Crippen LogP contribution in [0.2, 0.25) is 0 Å². The number of carbonyl (C=O) groups is 2. The Balaban J connectivity index is 2.30. The van der Waals surface area contributed by atoms with Gasteiger partial charge in [-0.3, -0.25) is 9.59 Å². The molecule has 1 aliphatic rings. The van der Waals surface area contributed by atoms with E-state index >= 15 is 0 Å². The van der Waals surface area contributed by atoms with Crippen molar-refractivity contribution in [3.63, 3.8) is 0 Å². The molecule has 5 heteroatoms. The minimum Gasteiger partial charge on any atom is -0.493 e. The van der Waals surface area contributed by atoms with Gasteiger partial charge in [-0.05, 0) is 56.4 Å². The number of allylic oxidation sites excluding steroid dienone is 3. The van der Waals surface area contributed by atoms with Gasteiger partial charge in [0.25, 0.3) is 0 Å². The summed E-state index contributed by atoms with van der Waals surface area (Å²) in [4.78, 5) is 25.9. The van der Waals surface area contributed by atoms with Crippen molar-refractivity contribution in [3.8, 4) is 5.75 Å². The summed E-state index contributed by atoms with van der Waals surface area (Å²) >= 11 is 0. The molecular weight excluding hydrogens is 330 g/mol. The second-order valence-corrected chi connectivity index (χ2v) is 6.73. The number of hydrogen-bond acceptors (Lipinski definition) is 4. The van der Waals surface area contributed by atoms with E-state index in [2.05, 4.69) is 6.08 Å². The van der Waals surface area contributed by atoms with Crippen molar-refractivity contribution in [2.75, 3.05) is 20.7 Å². The van der Waals surface area contributed by atoms with Crippen molar-refractivity contribution in [2.45, 2.75) is 39.0 Å².